The molecule has 0 saturated carbocycles. The summed E-state index contributed by atoms with van der Waals surface area (Å²) in [7, 11) is 1.28. The van der Waals surface area contributed by atoms with Crippen LogP contribution in [0.2, 0.25) is 0 Å². The van der Waals surface area contributed by atoms with Crippen molar-refractivity contribution >= 4 is 5.97 Å². The van der Waals surface area contributed by atoms with Gasteiger partial charge in [-0.25, -0.2) is 13.2 Å². The number of esters is 1. The minimum atomic E-state index is -1.48. The van der Waals surface area contributed by atoms with E-state index in [1.165, 1.54) is 7.11 Å². The molecule has 0 amide bonds. The predicted molar refractivity (Wildman–Crippen MR) is 61.8 cm³/mol. The van der Waals surface area contributed by atoms with Gasteiger partial charge >= 0.3 is 5.97 Å². The average molecular weight is 273 g/mol. The normalized spacial score (nSPS) is 23.2. The largest absolute Gasteiger partial charge is 0.468 e. The molecule has 0 aromatic heterocycles. The van der Waals surface area contributed by atoms with Crippen LogP contribution in [0.5, 0.6) is 0 Å². The van der Waals surface area contributed by atoms with E-state index in [9.17, 15) is 18.0 Å². The van der Waals surface area contributed by atoms with Gasteiger partial charge in [-0.3, -0.25) is 10.1 Å². The highest BCUT2D eigenvalue weighted by molar-refractivity contribution is 5.75. The fourth-order valence-corrected chi connectivity index (χ4v) is 2.30. The highest BCUT2D eigenvalue weighted by atomic mass is 19.2. The van der Waals surface area contributed by atoms with Crippen molar-refractivity contribution in [1.82, 2.24) is 5.32 Å². The van der Waals surface area contributed by atoms with Gasteiger partial charge in [0.15, 0.2) is 17.5 Å². The minimum absolute atomic E-state index is 0.296. The summed E-state index contributed by atoms with van der Waals surface area (Å²) in [6.07, 6.45) is 1.95. The monoisotopic (exact) mass is 273 g/mol. The Labute approximate surface area is 108 Å². The number of carbonyl (C=O) groups excluding carboxylic acids is 1. The van der Waals surface area contributed by atoms with E-state index in [0.29, 0.717) is 18.4 Å². The Morgan fingerprint density at radius 3 is 2.47 bits per heavy atom. The quantitative estimate of drug-likeness (QED) is 0.664. The number of rotatable bonds is 2. The summed E-state index contributed by atoms with van der Waals surface area (Å²) >= 11 is 0. The van der Waals surface area contributed by atoms with Crippen LogP contribution < -0.4 is 5.32 Å². The van der Waals surface area contributed by atoms with Gasteiger partial charge in [-0.1, -0.05) is 0 Å². The van der Waals surface area contributed by atoms with Gasteiger partial charge in [0.05, 0.1) is 7.11 Å². The molecule has 1 aromatic carbocycles. The fourth-order valence-electron chi connectivity index (χ4n) is 2.30. The highest BCUT2D eigenvalue weighted by Crippen LogP contribution is 2.28. The van der Waals surface area contributed by atoms with Crippen molar-refractivity contribution in [2.24, 2.45) is 0 Å². The van der Waals surface area contributed by atoms with E-state index >= 15 is 0 Å². The molecule has 1 aliphatic heterocycles. The zero-order valence-corrected chi connectivity index (χ0v) is 10.4. The second-order valence-corrected chi connectivity index (χ2v) is 4.52. The second-order valence-electron chi connectivity index (χ2n) is 4.52. The lowest BCUT2D eigenvalue weighted by Crippen LogP contribution is -2.43. The smallest absolute Gasteiger partial charge is 0.322 e. The lowest BCUT2D eigenvalue weighted by atomic mass is 9.93. The molecular weight excluding hydrogens is 259 g/mol. The molecular formula is C13H14F3NO2. The lowest BCUT2D eigenvalue weighted by molar-refractivity contribution is -0.144. The standard InChI is InChI=1S/C13H14F3NO2/c1-19-13(18)11-4-2-3-10(17-11)7-5-8(14)12(16)9(15)6-7/h5-6,10-11,17H,2-4H2,1H3/t10-,11?/m0/s1. The van der Waals surface area contributed by atoms with Crippen LogP contribution in [0.4, 0.5) is 13.2 Å². The van der Waals surface area contributed by atoms with Gasteiger partial charge in [0, 0.05) is 6.04 Å². The van der Waals surface area contributed by atoms with Crippen LogP contribution in [0.3, 0.4) is 0 Å². The van der Waals surface area contributed by atoms with Crippen LogP contribution in [-0.2, 0) is 9.53 Å². The first-order valence-electron chi connectivity index (χ1n) is 6.01. The Morgan fingerprint density at radius 2 is 1.89 bits per heavy atom. The Bertz CT molecular complexity index is 470. The molecule has 0 aliphatic carbocycles. The van der Waals surface area contributed by atoms with Crippen LogP contribution in [0, 0.1) is 17.5 Å². The van der Waals surface area contributed by atoms with Crippen LogP contribution in [0.15, 0.2) is 12.1 Å². The summed E-state index contributed by atoms with van der Waals surface area (Å²) in [5.41, 5.74) is 0.296. The molecule has 3 nitrogen and oxygen atoms in total. The van der Waals surface area contributed by atoms with E-state index in [-0.39, 0.29) is 6.04 Å². The molecule has 0 bridgehead atoms. The minimum Gasteiger partial charge on any atom is -0.468 e. The van der Waals surface area contributed by atoms with Crippen LogP contribution in [-0.4, -0.2) is 19.1 Å². The predicted octanol–water partition coefficient (Wildman–Crippen LogP) is 2.46. The third-order valence-electron chi connectivity index (χ3n) is 3.28. The molecule has 0 radical (unpaired) electrons. The van der Waals surface area contributed by atoms with Crippen molar-refractivity contribution in [1.29, 1.82) is 0 Å². The number of benzene rings is 1. The van der Waals surface area contributed by atoms with Crippen molar-refractivity contribution in [3.05, 3.63) is 35.1 Å². The van der Waals surface area contributed by atoms with E-state index in [1.54, 1.807) is 0 Å². The van der Waals surface area contributed by atoms with Crippen molar-refractivity contribution < 1.29 is 22.7 Å². The van der Waals surface area contributed by atoms with Gasteiger partial charge in [-0.15, -0.1) is 0 Å². The van der Waals surface area contributed by atoms with Gasteiger partial charge in [-0.2, -0.15) is 0 Å². The highest BCUT2D eigenvalue weighted by Gasteiger charge is 2.28. The molecule has 1 saturated heterocycles. The molecule has 19 heavy (non-hydrogen) atoms. The maximum atomic E-state index is 13.2. The van der Waals surface area contributed by atoms with Crippen LogP contribution in [0.25, 0.3) is 0 Å². The fraction of sp³-hybridized carbons (Fsp3) is 0.462. The molecule has 1 N–H and O–H groups in total. The van der Waals surface area contributed by atoms with Crippen molar-refractivity contribution in [2.45, 2.75) is 31.3 Å². The number of ether oxygens (including phenoxy) is 1. The van der Waals surface area contributed by atoms with Crippen molar-refractivity contribution in [3.63, 3.8) is 0 Å². The third-order valence-corrected chi connectivity index (χ3v) is 3.28. The summed E-state index contributed by atoms with van der Waals surface area (Å²) in [6.45, 7) is 0. The lowest BCUT2D eigenvalue weighted by Gasteiger charge is -2.29. The summed E-state index contributed by atoms with van der Waals surface area (Å²) in [5, 5.41) is 2.96. The number of methoxy groups -OCH3 is 1. The number of hydrogen-bond acceptors (Lipinski definition) is 3. The Morgan fingerprint density at radius 1 is 1.26 bits per heavy atom. The molecule has 1 aliphatic rings. The summed E-state index contributed by atoms with van der Waals surface area (Å²) in [4.78, 5) is 11.4. The van der Waals surface area contributed by atoms with E-state index in [1.807, 2.05) is 0 Å². The number of piperidine rings is 1. The van der Waals surface area contributed by atoms with E-state index in [0.717, 1.165) is 18.6 Å². The molecule has 6 heteroatoms. The van der Waals surface area contributed by atoms with Crippen molar-refractivity contribution in [2.75, 3.05) is 7.11 Å². The first-order valence-corrected chi connectivity index (χ1v) is 6.01. The molecule has 1 unspecified atom stereocenters. The van der Waals surface area contributed by atoms with Gasteiger partial charge in [-0.05, 0) is 37.0 Å². The first-order chi connectivity index (χ1) is 9.02. The number of halogens is 3. The molecule has 2 atom stereocenters. The topological polar surface area (TPSA) is 38.3 Å². The van der Waals surface area contributed by atoms with E-state index < -0.39 is 29.5 Å². The first kappa shape index (κ1) is 13.9. The van der Waals surface area contributed by atoms with E-state index in [2.05, 4.69) is 10.1 Å². The SMILES string of the molecule is COC(=O)C1CCC[C@@H](c2cc(F)c(F)c(F)c2)N1. The zero-order chi connectivity index (χ0) is 14.0. The van der Waals surface area contributed by atoms with Gasteiger partial charge < -0.3 is 4.74 Å². The summed E-state index contributed by atoms with van der Waals surface area (Å²) < 4.78 is 43.9. The molecule has 1 fully saturated rings. The van der Waals surface area contributed by atoms with Crippen LogP contribution in [0.1, 0.15) is 30.9 Å². The van der Waals surface area contributed by atoms with Gasteiger partial charge in [0.2, 0.25) is 0 Å². The zero-order valence-electron chi connectivity index (χ0n) is 10.4. The van der Waals surface area contributed by atoms with Gasteiger partial charge in [0.1, 0.15) is 6.04 Å². The Balaban J connectivity index is 2.20. The molecule has 1 aromatic rings. The molecule has 1 heterocycles. The van der Waals surface area contributed by atoms with Gasteiger partial charge in [0.25, 0.3) is 0 Å². The second kappa shape index (κ2) is 5.61. The summed E-state index contributed by atoms with van der Waals surface area (Å²) in [5.74, 6) is -4.34. The number of carbonyl (C=O) groups is 1. The summed E-state index contributed by atoms with van der Waals surface area (Å²) in [6, 6.07) is 1.02. The number of hydrogen-bond donors (Lipinski definition) is 1. The number of nitrogens with one attached hydrogen (secondary N) is 1. The van der Waals surface area contributed by atoms with E-state index in [4.69, 9.17) is 0 Å². The molecule has 0 spiro atoms. The maximum Gasteiger partial charge on any atom is 0.322 e. The maximum absolute atomic E-state index is 13.2. The molecule has 2 rings (SSSR count). The van der Waals surface area contributed by atoms with Crippen molar-refractivity contribution in [3.8, 4) is 0 Å². The Kier molecular flexibility index (Phi) is 4.09. The Hall–Kier alpha value is -1.56. The van der Waals surface area contributed by atoms with Crippen LogP contribution >= 0.6 is 0 Å². The third kappa shape index (κ3) is 2.89. The average Bonchev–Trinajstić information content (AvgIpc) is 2.43. The molecule has 104 valence electrons.